The molecule has 3 amide bonds. The van der Waals surface area contributed by atoms with Crippen molar-refractivity contribution in [1.82, 2.24) is 24.3 Å². The van der Waals surface area contributed by atoms with Crippen LogP contribution in [-0.2, 0) is 33.8 Å². The summed E-state index contributed by atoms with van der Waals surface area (Å²) in [5, 5.41) is 13.0. The summed E-state index contributed by atoms with van der Waals surface area (Å²) in [5.41, 5.74) is 3.15. The zero-order chi connectivity index (χ0) is 43.4. The molecule has 6 aromatic rings. The number of thioether (sulfide) groups is 1. The van der Waals surface area contributed by atoms with Crippen molar-refractivity contribution in [2.24, 2.45) is 5.92 Å². The molecule has 14 heteroatoms. The van der Waals surface area contributed by atoms with Crippen molar-refractivity contribution in [3.63, 3.8) is 0 Å². The van der Waals surface area contributed by atoms with Crippen LogP contribution in [0.3, 0.4) is 0 Å². The van der Waals surface area contributed by atoms with Crippen LogP contribution in [0.2, 0.25) is 0 Å². The van der Waals surface area contributed by atoms with Crippen molar-refractivity contribution in [2.45, 2.75) is 75.9 Å². The van der Waals surface area contributed by atoms with Crippen LogP contribution in [-0.4, -0.2) is 86.4 Å². The Kier molecular flexibility index (Phi) is 10.8. The van der Waals surface area contributed by atoms with Gasteiger partial charge in [0.1, 0.15) is 35.1 Å². The number of benzene rings is 4. The van der Waals surface area contributed by atoms with Crippen molar-refractivity contribution in [1.29, 1.82) is 5.26 Å². The van der Waals surface area contributed by atoms with Gasteiger partial charge in [0.25, 0.3) is 0 Å². The number of amides is 3. The maximum absolute atomic E-state index is 17.7. The van der Waals surface area contributed by atoms with E-state index in [4.69, 9.17) is 14.5 Å². The Bertz CT molecular complexity index is 2820. The van der Waals surface area contributed by atoms with E-state index in [0.717, 1.165) is 34.0 Å². The highest BCUT2D eigenvalue weighted by molar-refractivity contribution is 7.98. The van der Waals surface area contributed by atoms with Gasteiger partial charge in [-0.25, -0.2) is 23.4 Å². The summed E-state index contributed by atoms with van der Waals surface area (Å²) in [6, 6.07) is 25.0. The minimum atomic E-state index is -0.693. The van der Waals surface area contributed by atoms with Gasteiger partial charge in [0, 0.05) is 54.0 Å². The lowest BCUT2D eigenvalue weighted by atomic mass is 9.79. The second-order valence-corrected chi connectivity index (χ2v) is 18.1. The molecule has 5 heterocycles. The van der Waals surface area contributed by atoms with Crippen LogP contribution < -0.4 is 0 Å². The second kappa shape index (κ2) is 16.2. The standard InChI is InChI=1S/C48H46F2N6O5S/c1-48(2,3)61-47(59)55-24-31-21-38(55)43(31)56-33(25-53-18-19-54(26-39(53)57)46(58)60-27-28-10-6-5-7-11-28)23-37-44(56)36-20-30(13-9-17-51)40(41(50)42(36)52-45(37)62-4)34-14-8-12-29-15-16-32(49)22-35(29)34/h5-8,10-12,14-16,20,22-23,31,38,43H,9,13,18-19,21,24-27H2,1-4H3/t31-,38-,43+/m1/s1. The van der Waals surface area contributed by atoms with E-state index in [1.165, 1.54) is 28.8 Å². The first-order valence-corrected chi connectivity index (χ1v) is 22.1. The van der Waals surface area contributed by atoms with Crippen molar-refractivity contribution in [2.75, 3.05) is 32.4 Å². The molecule has 318 valence electrons. The molecule has 4 aliphatic rings. The summed E-state index contributed by atoms with van der Waals surface area (Å²) >= 11 is 1.38. The lowest BCUT2D eigenvalue weighted by molar-refractivity contribution is -0.136. The zero-order valence-corrected chi connectivity index (χ0v) is 35.8. The normalized spacial score (nSPS) is 18.7. The SMILES string of the molecule is CSc1nc2c(F)c(-c3cccc4ccc(F)cc34)c(CCC#N)cc2c2c1cc(CN1CCN(C(=O)OCc3ccccc3)CC1=O)n2[C@H]1[C@@H]2C[C@H]1N(C(=O)OC(C)(C)C)C2. The number of hydrogen-bond acceptors (Lipinski definition) is 8. The molecule has 10 rings (SSSR count). The highest BCUT2D eigenvalue weighted by Crippen LogP contribution is 2.53. The molecule has 62 heavy (non-hydrogen) atoms. The number of aromatic nitrogens is 2. The molecule has 2 bridgehead atoms. The number of piperazine rings is 1. The third-order valence-electron chi connectivity index (χ3n) is 12.3. The van der Waals surface area contributed by atoms with E-state index in [9.17, 15) is 24.0 Å². The molecule has 0 unspecified atom stereocenters. The summed E-state index contributed by atoms with van der Waals surface area (Å²) in [6.07, 6.45) is 2.04. The number of pyridine rings is 1. The molecule has 3 saturated heterocycles. The second-order valence-electron chi connectivity index (χ2n) is 17.3. The predicted octanol–water partition coefficient (Wildman–Crippen LogP) is 9.63. The minimum Gasteiger partial charge on any atom is -0.445 e. The fourth-order valence-corrected chi connectivity index (χ4v) is 10.0. The average Bonchev–Trinajstić information content (AvgIpc) is 3.96. The van der Waals surface area contributed by atoms with E-state index < -0.39 is 29.4 Å². The summed E-state index contributed by atoms with van der Waals surface area (Å²) in [4.78, 5) is 50.4. The largest absolute Gasteiger partial charge is 0.445 e. The number of hydrogen-bond donors (Lipinski definition) is 0. The van der Waals surface area contributed by atoms with Gasteiger partial charge in [0.05, 0.1) is 30.2 Å². The van der Waals surface area contributed by atoms with Gasteiger partial charge in [0.15, 0.2) is 5.82 Å². The third kappa shape index (κ3) is 7.46. The summed E-state index contributed by atoms with van der Waals surface area (Å²) < 4.78 is 46.0. The van der Waals surface area contributed by atoms with E-state index >= 15 is 4.39 Å². The Hall–Kier alpha value is -6.20. The molecule has 3 aliphatic heterocycles. The van der Waals surface area contributed by atoms with Gasteiger partial charge in [-0.2, -0.15) is 5.26 Å². The Balaban J connectivity index is 1.16. The number of halogens is 2. The monoisotopic (exact) mass is 856 g/mol. The van der Waals surface area contributed by atoms with Gasteiger partial charge in [-0.3, -0.25) is 9.69 Å². The van der Waals surface area contributed by atoms with Gasteiger partial charge >= 0.3 is 12.2 Å². The van der Waals surface area contributed by atoms with Gasteiger partial charge < -0.3 is 23.8 Å². The number of rotatable bonds is 9. The molecule has 0 N–H and O–H groups in total. The summed E-state index contributed by atoms with van der Waals surface area (Å²) in [6.45, 7) is 6.67. The number of nitrogens with zero attached hydrogens (tertiary/aromatic N) is 6. The Morgan fingerprint density at radius 3 is 2.52 bits per heavy atom. The molecule has 0 radical (unpaired) electrons. The van der Waals surface area contributed by atoms with Crippen LogP contribution in [0, 0.1) is 28.9 Å². The molecule has 1 aliphatic carbocycles. The lowest BCUT2D eigenvalue weighted by Crippen LogP contribution is -2.52. The molecule has 4 aromatic carbocycles. The van der Waals surface area contributed by atoms with Crippen molar-refractivity contribution < 1.29 is 32.6 Å². The van der Waals surface area contributed by atoms with Crippen molar-refractivity contribution in [3.05, 3.63) is 107 Å². The van der Waals surface area contributed by atoms with Gasteiger partial charge in [-0.05, 0) is 91.6 Å². The molecule has 11 nitrogen and oxygen atoms in total. The smallest absolute Gasteiger partial charge is 0.410 e. The van der Waals surface area contributed by atoms with E-state index in [2.05, 4.69) is 10.6 Å². The van der Waals surface area contributed by atoms with Crippen LogP contribution in [0.1, 0.15) is 56.5 Å². The van der Waals surface area contributed by atoms with Crippen molar-refractivity contribution >= 4 is 62.4 Å². The number of fused-ring (bicyclic) bond motifs is 5. The van der Waals surface area contributed by atoms with Crippen LogP contribution in [0.4, 0.5) is 18.4 Å². The van der Waals surface area contributed by atoms with Crippen LogP contribution >= 0.6 is 11.8 Å². The molecular weight excluding hydrogens is 811 g/mol. The zero-order valence-electron chi connectivity index (χ0n) is 35.0. The quantitative estimate of drug-likeness (QED) is 0.132. The van der Waals surface area contributed by atoms with E-state index in [1.807, 2.05) is 81.6 Å². The van der Waals surface area contributed by atoms with Crippen LogP contribution in [0.15, 0.2) is 83.9 Å². The topological polar surface area (TPSA) is 121 Å². The Morgan fingerprint density at radius 1 is 0.968 bits per heavy atom. The Morgan fingerprint density at radius 2 is 1.77 bits per heavy atom. The molecule has 4 fully saturated rings. The van der Waals surface area contributed by atoms with Crippen LogP contribution in [0.5, 0.6) is 0 Å². The fourth-order valence-electron chi connectivity index (χ4n) is 9.46. The van der Waals surface area contributed by atoms with Crippen molar-refractivity contribution in [3.8, 4) is 17.2 Å². The fraction of sp³-hybridized carbons (Fsp3) is 0.354. The Labute approximate surface area is 362 Å². The number of aryl methyl sites for hydroxylation is 1. The first kappa shape index (κ1) is 41.2. The number of ether oxygens (including phenoxy) is 2. The van der Waals surface area contributed by atoms with E-state index in [0.29, 0.717) is 33.5 Å². The van der Waals surface area contributed by atoms with Gasteiger partial charge in [-0.1, -0.05) is 54.6 Å². The van der Waals surface area contributed by atoms with E-state index in [1.54, 1.807) is 21.9 Å². The molecule has 2 aromatic heterocycles. The first-order valence-electron chi connectivity index (χ1n) is 20.8. The number of carbonyl (C=O) groups is 3. The summed E-state index contributed by atoms with van der Waals surface area (Å²) in [7, 11) is 0. The minimum absolute atomic E-state index is 0.0579. The maximum atomic E-state index is 17.7. The molecule has 3 atom stereocenters. The third-order valence-corrected chi connectivity index (χ3v) is 13.0. The average molecular weight is 857 g/mol. The lowest BCUT2D eigenvalue weighted by Gasteiger charge is -2.40. The van der Waals surface area contributed by atoms with Crippen LogP contribution in [0.25, 0.3) is 43.7 Å². The molecular formula is C48H46F2N6O5S. The molecule has 1 saturated carbocycles. The molecule has 0 spiro atoms. The van der Waals surface area contributed by atoms with Gasteiger partial charge in [0.2, 0.25) is 5.91 Å². The maximum Gasteiger partial charge on any atom is 0.410 e. The number of carbonyl (C=O) groups excluding carboxylic acids is 3. The summed E-state index contributed by atoms with van der Waals surface area (Å²) in [5.74, 6) is -1.21. The first-order chi connectivity index (χ1) is 29.8. The highest BCUT2D eigenvalue weighted by Gasteiger charge is 2.56. The van der Waals surface area contributed by atoms with Gasteiger partial charge in [-0.15, -0.1) is 11.8 Å². The predicted molar refractivity (Wildman–Crippen MR) is 233 cm³/mol. The van der Waals surface area contributed by atoms with E-state index in [-0.39, 0.29) is 80.6 Å². The number of nitriles is 1. The highest BCUT2D eigenvalue weighted by atomic mass is 32.2.